The largest absolute Gasteiger partial charge is 0.0765 e. The Kier molecular flexibility index (Phi) is 3.42. The van der Waals surface area contributed by atoms with Gasteiger partial charge in [0.15, 0.2) is 0 Å². The highest BCUT2D eigenvalue weighted by atomic mass is 14.4. The summed E-state index contributed by atoms with van der Waals surface area (Å²) in [5.74, 6) is 0.580. The quantitative estimate of drug-likeness (QED) is 0.511. The molecule has 0 saturated heterocycles. The maximum atomic E-state index is 2.42. The van der Waals surface area contributed by atoms with Gasteiger partial charge < -0.3 is 0 Å². The van der Waals surface area contributed by atoms with Crippen molar-refractivity contribution in [1.29, 1.82) is 0 Å². The second-order valence-electron chi connectivity index (χ2n) is 8.53. The van der Waals surface area contributed by atoms with E-state index in [9.17, 15) is 0 Å². The summed E-state index contributed by atoms with van der Waals surface area (Å²) in [5.41, 5.74) is 4.00. The Hall–Kier alpha value is -0.520. The number of hydrogen-bond donors (Lipinski definition) is 0. The van der Waals surface area contributed by atoms with Gasteiger partial charge in [-0.05, 0) is 21.8 Å². The van der Waals surface area contributed by atoms with Gasteiger partial charge in [-0.1, -0.05) is 80.0 Å². The van der Waals surface area contributed by atoms with Gasteiger partial charge in [0.2, 0.25) is 0 Å². The standard InChI is InChI=1S/C17H30/c1-15(2,3)12-10-11-13(16(4,5)6)14(12)17(7,8)9/h10-12H,1-9H3. The van der Waals surface area contributed by atoms with Crippen LogP contribution in [0.4, 0.5) is 0 Å². The van der Waals surface area contributed by atoms with Gasteiger partial charge in [0, 0.05) is 5.92 Å². The van der Waals surface area contributed by atoms with Crippen LogP contribution in [-0.4, -0.2) is 0 Å². The zero-order chi connectivity index (χ0) is 13.6. The predicted octanol–water partition coefficient (Wildman–Crippen LogP) is 5.61. The summed E-state index contributed by atoms with van der Waals surface area (Å²) in [6.07, 6.45) is 4.79. The van der Waals surface area contributed by atoms with Crippen molar-refractivity contribution in [3.05, 3.63) is 23.3 Å². The molecule has 0 saturated carbocycles. The molecule has 1 atom stereocenters. The van der Waals surface area contributed by atoms with Crippen LogP contribution < -0.4 is 0 Å². The molecule has 0 N–H and O–H groups in total. The van der Waals surface area contributed by atoms with Crippen LogP contribution in [0, 0.1) is 22.2 Å². The highest BCUT2D eigenvalue weighted by Crippen LogP contribution is 2.50. The molecular formula is C17H30. The van der Waals surface area contributed by atoms with Crippen molar-refractivity contribution in [1.82, 2.24) is 0 Å². The molecule has 0 amide bonds. The van der Waals surface area contributed by atoms with Gasteiger partial charge in [0.05, 0.1) is 0 Å². The van der Waals surface area contributed by atoms with Crippen LogP contribution in [0.3, 0.4) is 0 Å². The van der Waals surface area contributed by atoms with Crippen LogP contribution >= 0.6 is 0 Å². The molecule has 98 valence electrons. The monoisotopic (exact) mass is 234 g/mol. The van der Waals surface area contributed by atoms with Gasteiger partial charge >= 0.3 is 0 Å². The Morgan fingerprint density at radius 1 is 0.765 bits per heavy atom. The fourth-order valence-electron chi connectivity index (χ4n) is 2.79. The van der Waals surface area contributed by atoms with Crippen molar-refractivity contribution in [2.45, 2.75) is 62.3 Å². The van der Waals surface area contributed by atoms with Crippen LogP contribution in [0.25, 0.3) is 0 Å². The predicted molar refractivity (Wildman–Crippen MR) is 78.0 cm³/mol. The topological polar surface area (TPSA) is 0 Å². The number of hydrogen-bond acceptors (Lipinski definition) is 0. The van der Waals surface area contributed by atoms with Crippen LogP contribution in [0.5, 0.6) is 0 Å². The second-order valence-corrected chi connectivity index (χ2v) is 8.53. The summed E-state index contributed by atoms with van der Waals surface area (Å²) in [6, 6.07) is 0. The molecule has 0 nitrogen and oxygen atoms in total. The average Bonchev–Trinajstić information content (AvgIpc) is 2.42. The molecule has 0 aromatic carbocycles. The fraction of sp³-hybridized carbons (Fsp3) is 0.765. The summed E-state index contributed by atoms with van der Waals surface area (Å²) in [7, 11) is 0. The van der Waals surface area contributed by atoms with Crippen molar-refractivity contribution in [3.63, 3.8) is 0 Å². The van der Waals surface area contributed by atoms with Crippen molar-refractivity contribution < 1.29 is 0 Å². The van der Waals surface area contributed by atoms with E-state index in [1.807, 2.05) is 0 Å². The second kappa shape index (κ2) is 4.00. The van der Waals surface area contributed by atoms with E-state index in [1.54, 1.807) is 11.1 Å². The minimum Gasteiger partial charge on any atom is -0.0765 e. The lowest BCUT2D eigenvalue weighted by molar-refractivity contribution is 0.286. The first-order chi connectivity index (χ1) is 7.35. The molecule has 0 spiro atoms. The van der Waals surface area contributed by atoms with Crippen molar-refractivity contribution in [2.24, 2.45) is 22.2 Å². The van der Waals surface area contributed by atoms with Gasteiger partial charge in [0.1, 0.15) is 0 Å². The zero-order valence-corrected chi connectivity index (χ0v) is 13.2. The average molecular weight is 234 g/mol. The van der Waals surface area contributed by atoms with E-state index < -0.39 is 0 Å². The van der Waals surface area contributed by atoms with Crippen LogP contribution in [0.2, 0.25) is 0 Å². The van der Waals surface area contributed by atoms with Crippen molar-refractivity contribution >= 4 is 0 Å². The molecule has 0 fully saturated rings. The normalized spacial score (nSPS) is 22.5. The lowest BCUT2D eigenvalue weighted by atomic mass is 9.67. The molecule has 0 aliphatic heterocycles. The lowest BCUT2D eigenvalue weighted by Crippen LogP contribution is -2.28. The lowest BCUT2D eigenvalue weighted by Gasteiger charge is -2.38. The minimum absolute atomic E-state index is 0.249. The van der Waals surface area contributed by atoms with Gasteiger partial charge in [-0.15, -0.1) is 0 Å². The van der Waals surface area contributed by atoms with E-state index in [1.165, 1.54) is 0 Å². The van der Waals surface area contributed by atoms with Crippen LogP contribution in [-0.2, 0) is 0 Å². The highest BCUT2D eigenvalue weighted by molar-refractivity contribution is 5.44. The zero-order valence-electron chi connectivity index (χ0n) is 13.2. The summed E-state index contributed by atoms with van der Waals surface area (Å²) in [5, 5.41) is 0. The molecule has 0 radical (unpaired) electrons. The van der Waals surface area contributed by atoms with Crippen LogP contribution in [0.1, 0.15) is 62.3 Å². The number of allylic oxidation sites excluding steroid dienone is 4. The molecule has 0 heteroatoms. The molecule has 17 heavy (non-hydrogen) atoms. The molecular weight excluding hydrogens is 204 g/mol. The summed E-state index contributed by atoms with van der Waals surface area (Å²) in [6.45, 7) is 21.0. The van der Waals surface area contributed by atoms with Gasteiger partial charge in [-0.3, -0.25) is 0 Å². The van der Waals surface area contributed by atoms with E-state index >= 15 is 0 Å². The van der Waals surface area contributed by atoms with E-state index in [0.29, 0.717) is 11.3 Å². The molecule has 1 unspecified atom stereocenters. The third-order valence-corrected chi connectivity index (χ3v) is 3.61. The molecule has 1 aliphatic carbocycles. The molecule has 0 bridgehead atoms. The Balaban J connectivity index is 3.36. The van der Waals surface area contributed by atoms with Gasteiger partial charge in [-0.25, -0.2) is 0 Å². The summed E-state index contributed by atoms with van der Waals surface area (Å²) >= 11 is 0. The molecule has 1 rings (SSSR count). The van der Waals surface area contributed by atoms with Gasteiger partial charge in [-0.2, -0.15) is 0 Å². The van der Waals surface area contributed by atoms with Gasteiger partial charge in [0.25, 0.3) is 0 Å². The third kappa shape index (κ3) is 3.03. The highest BCUT2D eigenvalue weighted by Gasteiger charge is 2.39. The summed E-state index contributed by atoms with van der Waals surface area (Å²) in [4.78, 5) is 0. The van der Waals surface area contributed by atoms with Crippen molar-refractivity contribution in [2.75, 3.05) is 0 Å². The molecule has 1 aliphatic rings. The Morgan fingerprint density at radius 2 is 1.24 bits per heavy atom. The minimum atomic E-state index is 0.249. The first kappa shape index (κ1) is 14.5. The van der Waals surface area contributed by atoms with E-state index in [0.717, 1.165) is 0 Å². The Bertz CT molecular complexity index is 345. The van der Waals surface area contributed by atoms with E-state index in [2.05, 4.69) is 74.5 Å². The van der Waals surface area contributed by atoms with Crippen LogP contribution in [0.15, 0.2) is 23.3 Å². The first-order valence-corrected chi connectivity index (χ1v) is 6.78. The SMILES string of the molecule is CC(C)(C)C1=C(C(C)(C)C)C(C(C)(C)C)C=C1. The Labute approximate surface area is 108 Å². The third-order valence-electron chi connectivity index (χ3n) is 3.61. The van der Waals surface area contributed by atoms with E-state index in [-0.39, 0.29) is 10.8 Å². The Morgan fingerprint density at radius 3 is 1.53 bits per heavy atom. The van der Waals surface area contributed by atoms with Crippen molar-refractivity contribution in [3.8, 4) is 0 Å². The maximum Gasteiger partial charge on any atom is 0.00398 e. The molecule has 0 aromatic rings. The number of rotatable bonds is 0. The molecule has 0 aromatic heterocycles. The van der Waals surface area contributed by atoms with E-state index in [4.69, 9.17) is 0 Å². The molecule has 0 heterocycles. The summed E-state index contributed by atoms with van der Waals surface area (Å²) < 4.78 is 0. The first-order valence-electron chi connectivity index (χ1n) is 6.78. The fourth-order valence-corrected chi connectivity index (χ4v) is 2.79. The smallest absolute Gasteiger partial charge is 0.00398 e. The maximum absolute atomic E-state index is 2.42.